The Hall–Kier alpha value is -2.83. The van der Waals surface area contributed by atoms with E-state index in [4.69, 9.17) is 0 Å². The molecule has 172 valence electrons. The van der Waals surface area contributed by atoms with Gasteiger partial charge in [0.1, 0.15) is 5.69 Å². The van der Waals surface area contributed by atoms with E-state index in [0.29, 0.717) is 43.4 Å². The maximum atomic E-state index is 13.0. The summed E-state index contributed by atoms with van der Waals surface area (Å²) >= 11 is 0. The lowest BCUT2D eigenvalue weighted by Crippen LogP contribution is -2.47. The number of carbonyl (C=O) groups excluding carboxylic acids is 1. The molecule has 2 heterocycles. The molecule has 4 rings (SSSR count). The van der Waals surface area contributed by atoms with E-state index in [9.17, 15) is 14.4 Å². The molecule has 1 N–H and O–H groups in total. The molecule has 32 heavy (non-hydrogen) atoms. The second kappa shape index (κ2) is 9.76. The number of carbonyl (C=O) groups is 1. The highest BCUT2D eigenvalue weighted by Crippen LogP contribution is 2.25. The molecule has 2 aliphatic rings. The predicted octanol–water partition coefficient (Wildman–Crippen LogP) is 2.90. The quantitative estimate of drug-likeness (QED) is 0.745. The molecule has 1 saturated carbocycles. The number of anilines is 1. The average molecular weight is 439 g/mol. The van der Waals surface area contributed by atoms with E-state index in [1.807, 2.05) is 42.2 Å². The Morgan fingerprint density at radius 3 is 2.19 bits per heavy atom. The van der Waals surface area contributed by atoms with Gasteiger partial charge in [0.15, 0.2) is 0 Å². The van der Waals surface area contributed by atoms with Crippen LogP contribution in [0.15, 0.2) is 39.9 Å². The van der Waals surface area contributed by atoms with Crippen LogP contribution < -0.4 is 21.5 Å². The Bertz CT molecular complexity index is 1060. The molecule has 1 aromatic heterocycles. The third-order valence-corrected chi connectivity index (χ3v) is 7.06. The van der Waals surface area contributed by atoms with E-state index >= 15 is 0 Å². The minimum atomic E-state index is -0.347. The Morgan fingerprint density at radius 2 is 1.56 bits per heavy atom. The largest absolute Gasteiger partial charge is 0.366 e. The number of hydrogen-bond donors (Lipinski definition) is 1. The zero-order valence-electron chi connectivity index (χ0n) is 19.2. The molecule has 1 aliphatic heterocycles. The van der Waals surface area contributed by atoms with Crippen molar-refractivity contribution in [1.29, 1.82) is 0 Å². The highest BCUT2D eigenvalue weighted by atomic mass is 16.2. The van der Waals surface area contributed by atoms with E-state index in [1.54, 1.807) is 4.57 Å². The van der Waals surface area contributed by atoms with Gasteiger partial charge in [-0.1, -0.05) is 43.9 Å². The Kier molecular flexibility index (Phi) is 6.82. The molecule has 7 heteroatoms. The first kappa shape index (κ1) is 22.4. The summed E-state index contributed by atoms with van der Waals surface area (Å²) in [6.07, 6.45) is 8.53. The summed E-state index contributed by atoms with van der Waals surface area (Å²) in [5.41, 5.74) is 1.31. The van der Waals surface area contributed by atoms with E-state index in [1.165, 1.54) is 37.3 Å². The number of hydrogen-bond acceptors (Lipinski definition) is 4. The molecule has 1 saturated heterocycles. The van der Waals surface area contributed by atoms with Crippen LogP contribution >= 0.6 is 0 Å². The van der Waals surface area contributed by atoms with Crippen molar-refractivity contribution in [3.63, 3.8) is 0 Å². The first-order valence-corrected chi connectivity index (χ1v) is 11.9. The van der Waals surface area contributed by atoms with Crippen molar-refractivity contribution in [3.8, 4) is 5.69 Å². The van der Waals surface area contributed by atoms with Gasteiger partial charge >= 0.3 is 5.69 Å². The zero-order valence-corrected chi connectivity index (χ0v) is 19.2. The van der Waals surface area contributed by atoms with E-state index in [-0.39, 0.29) is 23.1 Å². The van der Waals surface area contributed by atoms with E-state index in [0.717, 1.165) is 18.5 Å². The third-order valence-electron chi connectivity index (χ3n) is 7.06. The van der Waals surface area contributed by atoms with Gasteiger partial charge in [-0.2, -0.15) is 0 Å². The molecule has 0 atom stereocenters. The van der Waals surface area contributed by atoms with Gasteiger partial charge in [-0.05, 0) is 44.7 Å². The fourth-order valence-electron chi connectivity index (χ4n) is 5.15. The Morgan fingerprint density at radius 1 is 0.938 bits per heavy atom. The average Bonchev–Trinajstić information content (AvgIpc) is 3.07. The molecule has 0 bridgehead atoms. The summed E-state index contributed by atoms with van der Waals surface area (Å²) in [6, 6.07) is 9.71. The molecule has 0 spiro atoms. The van der Waals surface area contributed by atoms with Crippen LogP contribution in [0.3, 0.4) is 0 Å². The monoisotopic (exact) mass is 438 g/mol. The number of aromatic nitrogens is 2. The van der Waals surface area contributed by atoms with Crippen LogP contribution in [0.5, 0.6) is 0 Å². The van der Waals surface area contributed by atoms with Crippen molar-refractivity contribution in [2.75, 3.05) is 18.0 Å². The van der Waals surface area contributed by atoms with Gasteiger partial charge in [0.2, 0.25) is 5.91 Å². The number of para-hydroxylation sites is 1. The molecule has 1 aliphatic carbocycles. The van der Waals surface area contributed by atoms with Gasteiger partial charge in [0, 0.05) is 32.1 Å². The molecule has 0 unspecified atom stereocenters. The van der Waals surface area contributed by atoms with Crippen molar-refractivity contribution >= 4 is 11.6 Å². The second-order valence-corrected chi connectivity index (χ2v) is 9.21. The first-order chi connectivity index (χ1) is 15.5. The topological polar surface area (TPSA) is 76.3 Å². The van der Waals surface area contributed by atoms with Gasteiger partial charge in [0.05, 0.1) is 11.4 Å². The number of piperidine rings is 1. The van der Waals surface area contributed by atoms with Crippen molar-refractivity contribution in [3.05, 3.63) is 56.9 Å². The first-order valence-electron chi connectivity index (χ1n) is 11.9. The molecular formula is C25H34N4O3. The lowest BCUT2D eigenvalue weighted by atomic mass is 9.94. The Labute approximate surface area is 189 Å². The van der Waals surface area contributed by atoms with Gasteiger partial charge in [0.25, 0.3) is 5.56 Å². The maximum absolute atomic E-state index is 13.0. The number of amides is 1. The van der Waals surface area contributed by atoms with Gasteiger partial charge < -0.3 is 10.2 Å². The number of rotatable bonds is 4. The molecule has 2 aromatic rings. The summed E-state index contributed by atoms with van der Waals surface area (Å²) in [5, 5.41) is 3.28. The van der Waals surface area contributed by atoms with Gasteiger partial charge in [-0.15, -0.1) is 0 Å². The number of benzene rings is 1. The van der Waals surface area contributed by atoms with Crippen LogP contribution in [-0.2, 0) is 11.8 Å². The van der Waals surface area contributed by atoms with Crippen molar-refractivity contribution in [2.24, 2.45) is 13.0 Å². The van der Waals surface area contributed by atoms with Gasteiger partial charge in [-0.25, -0.2) is 4.79 Å². The Balaban J connectivity index is 1.51. The van der Waals surface area contributed by atoms with Crippen LogP contribution in [0.25, 0.3) is 5.69 Å². The summed E-state index contributed by atoms with van der Waals surface area (Å²) in [5.74, 6) is 0.147. The fraction of sp³-hybridized carbons (Fsp3) is 0.560. The molecular weight excluding hydrogens is 404 g/mol. The molecule has 0 radical (unpaired) electrons. The molecule has 1 amide bonds. The predicted molar refractivity (Wildman–Crippen MR) is 127 cm³/mol. The van der Waals surface area contributed by atoms with Crippen molar-refractivity contribution in [1.82, 2.24) is 14.5 Å². The van der Waals surface area contributed by atoms with Crippen LogP contribution in [0.4, 0.5) is 5.69 Å². The number of nitrogens with zero attached hydrogens (tertiary/aromatic N) is 3. The molecule has 1 aromatic carbocycles. The highest BCUT2D eigenvalue weighted by molar-refractivity contribution is 5.79. The van der Waals surface area contributed by atoms with Crippen LogP contribution in [-0.4, -0.2) is 34.2 Å². The van der Waals surface area contributed by atoms with Gasteiger partial charge in [-0.3, -0.25) is 18.7 Å². The van der Waals surface area contributed by atoms with Crippen LogP contribution in [0.1, 0.15) is 57.1 Å². The minimum absolute atomic E-state index is 0.0151. The molecule has 2 fully saturated rings. The fourth-order valence-corrected chi connectivity index (χ4v) is 5.15. The number of nitrogens with one attached hydrogen (secondary N) is 1. The smallest absolute Gasteiger partial charge is 0.335 e. The SMILES string of the molecule is Cc1c(N2CCC(C(=O)NC3CCCCCC3)CC2)c(=O)n(C)c(=O)n1-c1ccccc1. The highest BCUT2D eigenvalue weighted by Gasteiger charge is 2.29. The van der Waals surface area contributed by atoms with E-state index < -0.39 is 0 Å². The summed E-state index contributed by atoms with van der Waals surface area (Å²) < 4.78 is 2.78. The minimum Gasteiger partial charge on any atom is -0.366 e. The maximum Gasteiger partial charge on any atom is 0.335 e. The normalized spacial score (nSPS) is 18.4. The lowest BCUT2D eigenvalue weighted by Gasteiger charge is -2.34. The summed E-state index contributed by atoms with van der Waals surface area (Å²) in [6.45, 7) is 3.09. The molecule has 7 nitrogen and oxygen atoms in total. The third kappa shape index (κ3) is 4.52. The second-order valence-electron chi connectivity index (χ2n) is 9.21. The lowest BCUT2D eigenvalue weighted by molar-refractivity contribution is -0.126. The summed E-state index contributed by atoms with van der Waals surface area (Å²) in [4.78, 5) is 40.8. The standard InChI is InChI=1S/C25H34N4O3/c1-18-22(24(31)27(2)25(32)29(18)21-12-8-5-9-13-21)28-16-14-19(15-17-28)23(30)26-20-10-6-3-4-7-11-20/h5,8-9,12-13,19-20H,3-4,6-7,10-11,14-17H2,1-2H3,(H,26,30). The summed E-state index contributed by atoms with van der Waals surface area (Å²) in [7, 11) is 1.53. The zero-order chi connectivity index (χ0) is 22.7. The van der Waals surface area contributed by atoms with Crippen molar-refractivity contribution < 1.29 is 4.79 Å². The van der Waals surface area contributed by atoms with Crippen LogP contribution in [0, 0.1) is 12.8 Å². The van der Waals surface area contributed by atoms with E-state index in [2.05, 4.69) is 5.32 Å². The van der Waals surface area contributed by atoms with Crippen molar-refractivity contribution in [2.45, 2.75) is 64.3 Å². The van der Waals surface area contributed by atoms with Crippen LogP contribution in [0.2, 0.25) is 0 Å².